The number of hydrogen-bond acceptors (Lipinski definition) is 4. The molecular weight excluding hydrogens is 294 g/mol. The molecule has 1 fully saturated rings. The maximum atomic E-state index is 12.4. The van der Waals surface area contributed by atoms with Gasteiger partial charge in [-0.15, -0.1) is 0 Å². The fourth-order valence-electron chi connectivity index (χ4n) is 2.79. The molecule has 0 radical (unpaired) electrons. The number of amides is 1. The highest BCUT2D eigenvalue weighted by Crippen LogP contribution is 2.35. The Bertz CT molecular complexity index is 627. The van der Waals surface area contributed by atoms with Crippen LogP contribution in [-0.2, 0) is 9.59 Å². The van der Waals surface area contributed by atoms with Crippen molar-refractivity contribution < 1.29 is 14.7 Å². The number of carboxylic acid groups (broad SMARTS) is 1. The van der Waals surface area contributed by atoms with E-state index in [9.17, 15) is 14.7 Å². The molecule has 122 valence electrons. The monoisotopic (exact) mass is 315 g/mol. The standard InChI is InChI=1S/C17H21N3O3/c1-11(2)15(17(22)23)20(3)16(21)13-9-12(10-13)5-6-14-18-7-4-8-19-14/h4,7-8,11-13,15H,9-10H2,1-3H3,(H,22,23). The summed E-state index contributed by atoms with van der Waals surface area (Å²) in [5.41, 5.74) is 0. The van der Waals surface area contributed by atoms with Crippen LogP contribution in [0.4, 0.5) is 0 Å². The normalized spacial score (nSPS) is 20.9. The van der Waals surface area contributed by atoms with E-state index in [0.717, 1.165) is 0 Å². The molecule has 0 aromatic carbocycles. The summed E-state index contributed by atoms with van der Waals surface area (Å²) in [6, 6.07) is 0.942. The Morgan fingerprint density at radius 1 is 1.30 bits per heavy atom. The second-order valence-corrected chi connectivity index (χ2v) is 6.18. The second kappa shape index (κ2) is 7.23. The first-order valence-corrected chi connectivity index (χ1v) is 7.68. The first-order chi connectivity index (χ1) is 10.9. The molecule has 1 heterocycles. The van der Waals surface area contributed by atoms with E-state index in [2.05, 4.69) is 21.8 Å². The van der Waals surface area contributed by atoms with E-state index in [1.165, 1.54) is 4.90 Å². The number of hydrogen-bond donors (Lipinski definition) is 1. The predicted molar refractivity (Wildman–Crippen MR) is 84.2 cm³/mol. The molecule has 1 aromatic rings. The summed E-state index contributed by atoms with van der Waals surface area (Å²) in [5, 5.41) is 9.27. The van der Waals surface area contributed by atoms with E-state index in [1.54, 1.807) is 39.4 Å². The topological polar surface area (TPSA) is 83.4 Å². The summed E-state index contributed by atoms with van der Waals surface area (Å²) in [4.78, 5) is 33.1. The fourth-order valence-corrected chi connectivity index (χ4v) is 2.79. The van der Waals surface area contributed by atoms with Crippen LogP contribution in [0.2, 0.25) is 0 Å². The molecule has 1 aromatic heterocycles. The van der Waals surface area contributed by atoms with Gasteiger partial charge in [-0.25, -0.2) is 14.8 Å². The molecule has 6 heteroatoms. The van der Waals surface area contributed by atoms with Gasteiger partial charge in [-0.1, -0.05) is 19.8 Å². The van der Waals surface area contributed by atoms with E-state index in [0.29, 0.717) is 18.7 Å². The minimum absolute atomic E-state index is 0.111. The van der Waals surface area contributed by atoms with Gasteiger partial charge in [0.25, 0.3) is 0 Å². The Morgan fingerprint density at radius 2 is 1.91 bits per heavy atom. The third-order valence-electron chi connectivity index (χ3n) is 4.09. The zero-order valence-electron chi connectivity index (χ0n) is 13.6. The number of aromatic nitrogens is 2. The van der Waals surface area contributed by atoms with Crippen LogP contribution in [0.1, 0.15) is 32.5 Å². The maximum Gasteiger partial charge on any atom is 0.326 e. The summed E-state index contributed by atoms with van der Waals surface area (Å²) < 4.78 is 0. The van der Waals surface area contributed by atoms with Gasteiger partial charge in [0.15, 0.2) is 0 Å². The Kier molecular flexibility index (Phi) is 5.32. The molecule has 1 saturated carbocycles. The summed E-state index contributed by atoms with van der Waals surface area (Å²) in [5.74, 6) is 5.24. The van der Waals surface area contributed by atoms with Crippen LogP contribution < -0.4 is 0 Å². The van der Waals surface area contributed by atoms with Crippen LogP contribution in [0.15, 0.2) is 18.5 Å². The highest BCUT2D eigenvalue weighted by Gasteiger charge is 2.39. The molecule has 0 saturated heterocycles. The van der Waals surface area contributed by atoms with Gasteiger partial charge in [0.05, 0.1) is 0 Å². The molecular formula is C17H21N3O3. The van der Waals surface area contributed by atoms with Gasteiger partial charge in [-0.05, 0) is 30.7 Å². The summed E-state index contributed by atoms with van der Waals surface area (Å²) in [6.45, 7) is 3.61. The first kappa shape index (κ1) is 16.9. The lowest BCUT2D eigenvalue weighted by atomic mass is 9.74. The van der Waals surface area contributed by atoms with Crippen molar-refractivity contribution in [2.24, 2.45) is 17.8 Å². The van der Waals surface area contributed by atoms with Crippen molar-refractivity contribution in [2.45, 2.75) is 32.7 Å². The molecule has 0 bridgehead atoms. The lowest BCUT2D eigenvalue weighted by molar-refractivity contribution is -0.154. The average Bonchev–Trinajstić information content (AvgIpc) is 2.45. The molecule has 1 aliphatic carbocycles. The zero-order valence-corrected chi connectivity index (χ0v) is 13.6. The smallest absolute Gasteiger partial charge is 0.326 e. The molecule has 1 N–H and O–H groups in total. The molecule has 23 heavy (non-hydrogen) atoms. The van der Waals surface area contributed by atoms with Gasteiger partial charge in [0.1, 0.15) is 6.04 Å². The minimum atomic E-state index is -0.965. The van der Waals surface area contributed by atoms with E-state index < -0.39 is 12.0 Å². The third kappa shape index (κ3) is 4.07. The lowest BCUT2D eigenvalue weighted by Gasteiger charge is -2.36. The van der Waals surface area contributed by atoms with Crippen LogP contribution in [0, 0.1) is 29.6 Å². The SMILES string of the molecule is CC(C)C(C(=O)O)N(C)C(=O)C1CC(C#Cc2ncccn2)C1. The number of nitrogens with zero attached hydrogens (tertiary/aromatic N) is 3. The van der Waals surface area contributed by atoms with E-state index in [-0.39, 0.29) is 23.7 Å². The molecule has 1 atom stereocenters. The predicted octanol–water partition coefficient (Wildman–Crippen LogP) is 1.42. The summed E-state index contributed by atoms with van der Waals surface area (Å²) in [6.07, 6.45) is 4.59. The molecule has 1 amide bonds. The number of carboxylic acids is 1. The minimum Gasteiger partial charge on any atom is -0.480 e. The van der Waals surface area contributed by atoms with Gasteiger partial charge in [-0.3, -0.25) is 4.79 Å². The van der Waals surface area contributed by atoms with Crippen LogP contribution in [0.5, 0.6) is 0 Å². The van der Waals surface area contributed by atoms with Crippen molar-refractivity contribution in [3.63, 3.8) is 0 Å². The number of aliphatic carboxylic acids is 1. The van der Waals surface area contributed by atoms with Gasteiger partial charge in [-0.2, -0.15) is 0 Å². The van der Waals surface area contributed by atoms with Gasteiger partial charge in [0, 0.05) is 31.3 Å². The fraction of sp³-hybridized carbons (Fsp3) is 0.529. The molecule has 0 spiro atoms. The van der Waals surface area contributed by atoms with Gasteiger partial charge in [0.2, 0.25) is 11.7 Å². The van der Waals surface area contributed by atoms with Crippen molar-refractivity contribution in [2.75, 3.05) is 7.05 Å². The Hall–Kier alpha value is -2.42. The number of rotatable bonds is 4. The molecule has 1 unspecified atom stereocenters. The quantitative estimate of drug-likeness (QED) is 0.850. The van der Waals surface area contributed by atoms with Crippen LogP contribution >= 0.6 is 0 Å². The Balaban J connectivity index is 1.90. The third-order valence-corrected chi connectivity index (χ3v) is 4.09. The molecule has 6 nitrogen and oxygen atoms in total. The van der Waals surface area contributed by atoms with E-state index in [1.807, 2.05) is 0 Å². The van der Waals surface area contributed by atoms with Crippen LogP contribution in [-0.4, -0.2) is 44.9 Å². The second-order valence-electron chi connectivity index (χ2n) is 6.18. The highest BCUT2D eigenvalue weighted by atomic mass is 16.4. The summed E-state index contributed by atoms with van der Waals surface area (Å²) in [7, 11) is 1.57. The lowest BCUT2D eigenvalue weighted by Crippen LogP contribution is -2.50. The number of carbonyl (C=O) groups excluding carboxylic acids is 1. The Labute approximate surface area is 135 Å². The van der Waals surface area contributed by atoms with E-state index >= 15 is 0 Å². The van der Waals surface area contributed by atoms with Crippen molar-refractivity contribution in [3.8, 4) is 11.8 Å². The number of carbonyl (C=O) groups is 2. The van der Waals surface area contributed by atoms with Crippen molar-refractivity contribution in [1.29, 1.82) is 0 Å². The maximum absolute atomic E-state index is 12.4. The van der Waals surface area contributed by atoms with Crippen LogP contribution in [0.3, 0.4) is 0 Å². The molecule has 0 aliphatic heterocycles. The zero-order chi connectivity index (χ0) is 17.0. The average molecular weight is 315 g/mol. The number of likely N-dealkylation sites (N-methyl/N-ethyl adjacent to an activating group) is 1. The largest absolute Gasteiger partial charge is 0.480 e. The van der Waals surface area contributed by atoms with Crippen molar-refractivity contribution in [1.82, 2.24) is 14.9 Å². The van der Waals surface area contributed by atoms with E-state index in [4.69, 9.17) is 0 Å². The molecule has 2 rings (SSSR count). The van der Waals surface area contributed by atoms with Crippen LogP contribution in [0.25, 0.3) is 0 Å². The highest BCUT2D eigenvalue weighted by molar-refractivity contribution is 5.85. The van der Waals surface area contributed by atoms with Crippen molar-refractivity contribution >= 4 is 11.9 Å². The Morgan fingerprint density at radius 3 is 2.43 bits per heavy atom. The summed E-state index contributed by atoms with van der Waals surface area (Å²) >= 11 is 0. The van der Waals surface area contributed by atoms with Gasteiger partial charge < -0.3 is 10.0 Å². The van der Waals surface area contributed by atoms with Crippen molar-refractivity contribution in [3.05, 3.63) is 24.3 Å². The molecule has 1 aliphatic rings. The first-order valence-electron chi connectivity index (χ1n) is 7.68. The van der Waals surface area contributed by atoms with Gasteiger partial charge >= 0.3 is 5.97 Å².